The van der Waals surface area contributed by atoms with E-state index in [4.69, 9.17) is 0 Å². The summed E-state index contributed by atoms with van der Waals surface area (Å²) in [5.41, 5.74) is 1.86. The molecule has 0 saturated carbocycles. The highest BCUT2D eigenvalue weighted by Gasteiger charge is 2.30. The van der Waals surface area contributed by atoms with E-state index in [0.717, 1.165) is 24.3 Å². The maximum Gasteiger partial charge on any atom is 0.243 e. The molecular weight excluding hydrogens is 256 g/mol. The predicted octanol–water partition coefficient (Wildman–Crippen LogP) is 0.750. The zero-order valence-corrected chi connectivity index (χ0v) is 11.8. The third-order valence-electron chi connectivity index (χ3n) is 3.30. The van der Waals surface area contributed by atoms with Gasteiger partial charge in [-0.05, 0) is 25.5 Å². The van der Waals surface area contributed by atoms with Crippen molar-refractivity contribution in [2.24, 2.45) is 0 Å². The van der Waals surface area contributed by atoms with E-state index < -0.39 is 0 Å². The number of aromatic nitrogens is 1. The van der Waals surface area contributed by atoms with E-state index in [-0.39, 0.29) is 24.4 Å². The predicted molar refractivity (Wildman–Crippen MR) is 76.0 cm³/mol. The number of hydrogen-bond acceptors (Lipinski definition) is 5. The molecule has 0 aliphatic carbocycles. The average Bonchev–Trinajstić information content (AvgIpc) is 2.42. The largest absolute Gasteiger partial charge is 0.385 e. The van der Waals surface area contributed by atoms with E-state index in [2.05, 4.69) is 22.5 Å². The maximum atomic E-state index is 11.6. The Labute approximate surface area is 118 Å². The van der Waals surface area contributed by atoms with Gasteiger partial charge in [0.2, 0.25) is 11.8 Å². The van der Waals surface area contributed by atoms with Crippen molar-refractivity contribution >= 4 is 17.5 Å². The first-order valence-corrected chi connectivity index (χ1v) is 6.86. The average molecular weight is 276 g/mol. The summed E-state index contributed by atoms with van der Waals surface area (Å²) in [5, 5.41) is 5.63. The van der Waals surface area contributed by atoms with Gasteiger partial charge in [-0.2, -0.15) is 0 Å². The summed E-state index contributed by atoms with van der Waals surface area (Å²) in [7, 11) is 0. The summed E-state index contributed by atoms with van der Waals surface area (Å²) >= 11 is 0. The highest BCUT2D eigenvalue weighted by Crippen LogP contribution is 2.13. The molecule has 1 aromatic heterocycles. The first-order chi connectivity index (χ1) is 9.60. The number of imide groups is 1. The Morgan fingerprint density at radius 3 is 3.05 bits per heavy atom. The molecule has 2 amide bonds. The zero-order valence-electron chi connectivity index (χ0n) is 11.8. The van der Waals surface area contributed by atoms with Gasteiger partial charge in [0.1, 0.15) is 0 Å². The lowest BCUT2D eigenvalue weighted by Gasteiger charge is -2.31. The number of amides is 2. The number of carbonyl (C=O) groups is 2. The van der Waals surface area contributed by atoms with Gasteiger partial charge in [-0.25, -0.2) is 0 Å². The molecule has 0 bridgehead atoms. The van der Waals surface area contributed by atoms with Crippen LogP contribution in [0.3, 0.4) is 0 Å². The molecule has 6 heteroatoms. The number of anilines is 1. The van der Waals surface area contributed by atoms with Gasteiger partial charge in [-0.3, -0.25) is 24.8 Å². The Hall–Kier alpha value is -1.95. The fourth-order valence-electron chi connectivity index (χ4n) is 2.11. The molecule has 0 spiro atoms. The highest BCUT2D eigenvalue weighted by atomic mass is 16.2. The van der Waals surface area contributed by atoms with Crippen LogP contribution in [0.5, 0.6) is 0 Å². The number of piperazine rings is 1. The number of hydrogen-bond donors (Lipinski definition) is 2. The van der Waals surface area contributed by atoms with Crippen LogP contribution in [0.15, 0.2) is 18.3 Å². The molecule has 2 N–H and O–H groups in total. The van der Waals surface area contributed by atoms with Crippen molar-refractivity contribution in [1.82, 2.24) is 15.2 Å². The second-order valence-corrected chi connectivity index (χ2v) is 4.96. The fraction of sp³-hybridized carbons (Fsp3) is 0.500. The van der Waals surface area contributed by atoms with E-state index in [1.165, 1.54) is 0 Å². The molecule has 1 aliphatic heterocycles. The summed E-state index contributed by atoms with van der Waals surface area (Å²) in [6.45, 7) is 5.52. The van der Waals surface area contributed by atoms with E-state index >= 15 is 0 Å². The Balaban J connectivity index is 2.05. The molecule has 1 atom stereocenters. The molecular formula is C14H20N4O2. The number of pyridine rings is 1. The summed E-state index contributed by atoms with van der Waals surface area (Å²) in [5.74, 6) is -0.505. The fourth-order valence-corrected chi connectivity index (χ4v) is 2.11. The molecule has 108 valence electrons. The summed E-state index contributed by atoms with van der Waals surface area (Å²) in [4.78, 5) is 29.2. The van der Waals surface area contributed by atoms with Crippen LogP contribution in [0, 0.1) is 0 Å². The van der Waals surface area contributed by atoms with Gasteiger partial charge in [-0.15, -0.1) is 0 Å². The highest BCUT2D eigenvalue weighted by molar-refractivity contribution is 6.00. The van der Waals surface area contributed by atoms with E-state index in [1.807, 2.05) is 17.0 Å². The quantitative estimate of drug-likeness (QED) is 0.776. The molecule has 1 unspecified atom stereocenters. The van der Waals surface area contributed by atoms with Gasteiger partial charge in [0.15, 0.2) is 0 Å². The molecule has 20 heavy (non-hydrogen) atoms. The first kappa shape index (κ1) is 14.5. The Kier molecular flexibility index (Phi) is 4.68. The minimum Gasteiger partial charge on any atom is -0.385 e. The van der Waals surface area contributed by atoms with E-state index in [1.54, 1.807) is 13.1 Å². The van der Waals surface area contributed by atoms with Crippen LogP contribution in [0.4, 0.5) is 5.69 Å². The first-order valence-electron chi connectivity index (χ1n) is 6.86. The third kappa shape index (κ3) is 3.54. The lowest BCUT2D eigenvalue weighted by molar-refractivity contribution is -0.139. The molecule has 1 aliphatic rings. The molecule has 1 fully saturated rings. The van der Waals surface area contributed by atoms with Gasteiger partial charge >= 0.3 is 0 Å². The van der Waals surface area contributed by atoms with Gasteiger partial charge in [0, 0.05) is 25.0 Å². The molecule has 1 aromatic rings. The van der Waals surface area contributed by atoms with Crippen molar-refractivity contribution in [3.63, 3.8) is 0 Å². The Morgan fingerprint density at radius 2 is 2.30 bits per heavy atom. The second kappa shape index (κ2) is 6.47. The van der Waals surface area contributed by atoms with Crippen LogP contribution in [0.2, 0.25) is 0 Å². The summed E-state index contributed by atoms with van der Waals surface area (Å²) in [6, 6.07) is 3.55. The van der Waals surface area contributed by atoms with Crippen LogP contribution in [0.25, 0.3) is 0 Å². The Bertz CT molecular complexity index is 504. The normalized spacial score (nSPS) is 19.8. The van der Waals surface area contributed by atoms with Gasteiger partial charge in [0.25, 0.3) is 0 Å². The van der Waals surface area contributed by atoms with Crippen molar-refractivity contribution in [1.29, 1.82) is 0 Å². The molecule has 0 radical (unpaired) electrons. The standard InChI is InChI=1S/C14H20N4O2/c1-3-5-15-11-4-6-16-12(7-11)8-18-9-13(19)17-14(20)10(18)2/h4,6-7,10H,3,5,8-9H2,1-2H3,(H,15,16)(H,17,19,20). The van der Waals surface area contributed by atoms with Gasteiger partial charge < -0.3 is 5.32 Å². The van der Waals surface area contributed by atoms with E-state index in [9.17, 15) is 9.59 Å². The summed E-state index contributed by atoms with van der Waals surface area (Å²) in [6.07, 6.45) is 2.79. The van der Waals surface area contributed by atoms with Crippen LogP contribution in [0.1, 0.15) is 26.0 Å². The van der Waals surface area contributed by atoms with Gasteiger partial charge in [0.05, 0.1) is 18.3 Å². The van der Waals surface area contributed by atoms with Crippen molar-refractivity contribution in [3.8, 4) is 0 Å². The number of carbonyl (C=O) groups excluding carboxylic acids is 2. The molecule has 0 aromatic carbocycles. The van der Waals surface area contributed by atoms with Crippen molar-refractivity contribution in [2.75, 3.05) is 18.4 Å². The molecule has 2 heterocycles. The SMILES string of the molecule is CCCNc1ccnc(CN2CC(=O)NC(=O)C2C)c1. The van der Waals surface area contributed by atoms with Gasteiger partial charge in [-0.1, -0.05) is 6.92 Å². The third-order valence-corrected chi connectivity index (χ3v) is 3.30. The second-order valence-electron chi connectivity index (χ2n) is 4.96. The lowest BCUT2D eigenvalue weighted by atomic mass is 10.2. The smallest absolute Gasteiger partial charge is 0.243 e. The van der Waals surface area contributed by atoms with Crippen LogP contribution < -0.4 is 10.6 Å². The minimum atomic E-state index is -0.318. The minimum absolute atomic E-state index is 0.223. The monoisotopic (exact) mass is 276 g/mol. The zero-order chi connectivity index (χ0) is 14.5. The van der Waals surface area contributed by atoms with E-state index in [0.29, 0.717) is 6.54 Å². The lowest BCUT2D eigenvalue weighted by Crippen LogP contribution is -2.56. The maximum absolute atomic E-state index is 11.6. The number of nitrogens with zero attached hydrogens (tertiary/aromatic N) is 2. The Morgan fingerprint density at radius 1 is 1.50 bits per heavy atom. The molecule has 6 nitrogen and oxygen atoms in total. The number of nitrogens with one attached hydrogen (secondary N) is 2. The summed E-state index contributed by atoms with van der Waals surface area (Å²) < 4.78 is 0. The molecule has 1 saturated heterocycles. The van der Waals surface area contributed by atoms with Crippen LogP contribution in [-0.4, -0.2) is 40.8 Å². The van der Waals surface area contributed by atoms with Crippen molar-refractivity contribution in [2.45, 2.75) is 32.9 Å². The number of rotatable bonds is 5. The van der Waals surface area contributed by atoms with Crippen LogP contribution >= 0.6 is 0 Å². The topological polar surface area (TPSA) is 74.3 Å². The molecule has 2 rings (SSSR count). The van der Waals surface area contributed by atoms with Crippen molar-refractivity contribution in [3.05, 3.63) is 24.0 Å². The van der Waals surface area contributed by atoms with Crippen LogP contribution in [-0.2, 0) is 16.1 Å². The van der Waals surface area contributed by atoms with Crippen molar-refractivity contribution < 1.29 is 9.59 Å².